The molecule has 0 aromatic heterocycles. The quantitative estimate of drug-likeness (QED) is 0.468. The van der Waals surface area contributed by atoms with Crippen molar-refractivity contribution in [3.05, 3.63) is 0 Å². The van der Waals surface area contributed by atoms with Gasteiger partial charge in [0.1, 0.15) is 0 Å². The van der Waals surface area contributed by atoms with Gasteiger partial charge in [-0.1, -0.05) is 0 Å². The van der Waals surface area contributed by atoms with Crippen molar-refractivity contribution in [1.29, 1.82) is 0 Å². The minimum atomic E-state index is -1.83. The fraction of sp³-hybridized carbons (Fsp3) is 0.400. The zero-order valence-electron chi connectivity index (χ0n) is 4.80. The molecule has 0 spiro atoms. The summed E-state index contributed by atoms with van der Waals surface area (Å²) in [5.41, 5.74) is 0. The molecule has 3 heteroatoms. The van der Waals surface area contributed by atoms with Crippen molar-refractivity contribution in [2.24, 2.45) is 0 Å². The topological polar surface area (TPSA) is 57.5 Å². The Bertz CT molecular complexity index is 96.6. The maximum atomic E-state index is 8.56. The van der Waals surface area contributed by atoms with E-state index in [4.69, 9.17) is 15.0 Å². The lowest BCUT2D eigenvalue weighted by atomic mass is 10.7. The monoisotopic (exact) mass is 116 g/mol. The molecular formula is C5H8O3. The molecule has 0 aromatic carbocycles. The lowest BCUT2D eigenvalue weighted by molar-refractivity contribution is 0.137. The lowest BCUT2D eigenvalue weighted by Crippen LogP contribution is -1.81. The van der Waals surface area contributed by atoms with E-state index in [0.29, 0.717) is 0 Å². The van der Waals surface area contributed by atoms with Crippen molar-refractivity contribution in [3.63, 3.8) is 0 Å². The third-order valence-corrected chi connectivity index (χ3v) is 0.250. The van der Waals surface area contributed by atoms with Crippen LogP contribution in [-0.4, -0.2) is 16.4 Å². The molecule has 0 saturated heterocycles. The summed E-state index contributed by atoms with van der Waals surface area (Å²) < 4.78 is 0. The van der Waals surface area contributed by atoms with Crippen LogP contribution in [0.3, 0.4) is 0 Å². The molecule has 0 fully saturated rings. The third-order valence-electron chi connectivity index (χ3n) is 0.250. The first-order valence-corrected chi connectivity index (χ1v) is 1.90. The van der Waals surface area contributed by atoms with Crippen molar-refractivity contribution in [1.82, 2.24) is 0 Å². The van der Waals surface area contributed by atoms with Crippen LogP contribution in [-0.2, 0) is 0 Å². The predicted molar refractivity (Wildman–Crippen MR) is 29.8 cm³/mol. The van der Waals surface area contributed by atoms with Gasteiger partial charge in [0.25, 0.3) is 0 Å². The minimum absolute atomic E-state index is 1.82. The molecule has 0 amide bonds. The summed E-state index contributed by atoms with van der Waals surface area (Å²) in [6, 6.07) is 0. The molecule has 0 atom stereocenters. The van der Waals surface area contributed by atoms with E-state index in [2.05, 4.69) is 11.8 Å². The zero-order valence-corrected chi connectivity index (χ0v) is 4.80. The third kappa shape index (κ3) is 2450. The molecule has 0 aliphatic heterocycles. The van der Waals surface area contributed by atoms with Crippen molar-refractivity contribution < 1.29 is 15.0 Å². The predicted octanol–water partition coefficient (Wildman–Crippen LogP) is 1.25. The van der Waals surface area contributed by atoms with Gasteiger partial charge in [-0.25, -0.2) is 4.79 Å². The van der Waals surface area contributed by atoms with Crippen LogP contribution >= 0.6 is 0 Å². The highest BCUT2D eigenvalue weighted by molar-refractivity contribution is 5.53. The van der Waals surface area contributed by atoms with Gasteiger partial charge in [0.2, 0.25) is 0 Å². The molecule has 8 heavy (non-hydrogen) atoms. The molecule has 0 aliphatic rings. The van der Waals surface area contributed by atoms with Gasteiger partial charge in [-0.3, -0.25) is 0 Å². The molecule has 0 heterocycles. The van der Waals surface area contributed by atoms with Gasteiger partial charge in [-0.05, 0) is 13.8 Å². The fourth-order valence-electron chi connectivity index (χ4n) is 0. The number of hydrogen-bond acceptors (Lipinski definition) is 1. The Morgan fingerprint density at radius 3 is 1.38 bits per heavy atom. The molecule has 0 unspecified atom stereocenters. The van der Waals surface area contributed by atoms with Crippen LogP contribution in [0.1, 0.15) is 13.8 Å². The first kappa shape index (κ1) is 9.95. The minimum Gasteiger partial charge on any atom is -0.450 e. The van der Waals surface area contributed by atoms with E-state index in [0.717, 1.165) is 0 Å². The summed E-state index contributed by atoms with van der Waals surface area (Å²) in [6.45, 7) is 3.64. The SMILES string of the molecule is CC#CC.O=C(O)O. The molecule has 0 rings (SSSR count). The molecule has 0 radical (unpaired) electrons. The number of rotatable bonds is 0. The van der Waals surface area contributed by atoms with E-state index in [1.54, 1.807) is 0 Å². The van der Waals surface area contributed by atoms with Gasteiger partial charge >= 0.3 is 6.16 Å². The second kappa shape index (κ2) is 9.27. The Kier molecular flexibility index (Phi) is 11.5. The van der Waals surface area contributed by atoms with E-state index in [9.17, 15) is 0 Å². The summed E-state index contributed by atoms with van der Waals surface area (Å²) in [4.78, 5) is 8.56. The summed E-state index contributed by atoms with van der Waals surface area (Å²) in [6.07, 6.45) is -1.83. The average molecular weight is 116 g/mol. The van der Waals surface area contributed by atoms with Crippen LogP contribution < -0.4 is 0 Å². The molecule has 3 nitrogen and oxygen atoms in total. The molecule has 0 saturated carbocycles. The van der Waals surface area contributed by atoms with Crippen LogP contribution in [0.15, 0.2) is 0 Å². The van der Waals surface area contributed by atoms with Crippen molar-refractivity contribution in [2.45, 2.75) is 13.8 Å². The van der Waals surface area contributed by atoms with Crippen LogP contribution in [0, 0.1) is 11.8 Å². The Hall–Kier alpha value is -1.17. The highest BCUT2D eigenvalue weighted by atomic mass is 16.6. The Labute approximate surface area is 48.0 Å². The maximum Gasteiger partial charge on any atom is 0.503 e. The Balaban J connectivity index is 0. The second-order valence-corrected chi connectivity index (χ2v) is 0.783. The summed E-state index contributed by atoms with van der Waals surface area (Å²) in [5, 5.41) is 13.9. The van der Waals surface area contributed by atoms with E-state index in [1.807, 2.05) is 13.8 Å². The summed E-state index contributed by atoms with van der Waals surface area (Å²) in [5.74, 6) is 5.36. The van der Waals surface area contributed by atoms with E-state index in [1.165, 1.54) is 0 Å². The second-order valence-electron chi connectivity index (χ2n) is 0.783. The first-order chi connectivity index (χ1) is 3.65. The normalized spacial score (nSPS) is 4.75. The summed E-state index contributed by atoms with van der Waals surface area (Å²) >= 11 is 0. The van der Waals surface area contributed by atoms with Gasteiger partial charge in [0, 0.05) is 0 Å². The average Bonchev–Trinajstić information content (AvgIpc) is 1.65. The maximum absolute atomic E-state index is 8.56. The molecule has 46 valence electrons. The van der Waals surface area contributed by atoms with E-state index in [-0.39, 0.29) is 0 Å². The van der Waals surface area contributed by atoms with Gasteiger partial charge < -0.3 is 10.2 Å². The highest BCUT2D eigenvalue weighted by Crippen LogP contribution is 1.42. The van der Waals surface area contributed by atoms with Gasteiger partial charge in [0.15, 0.2) is 0 Å². The molecule has 2 N–H and O–H groups in total. The van der Waals surface area contributed by atoms with Gasteiger partial charge in [-0.2, -0.15) is 0 Å². The van der Waals surface area contributed by atoms with Crippen LogP contribution in [0.4, 0.5) is 4.79 Å². The summed E-state index contributed by atoms with van der Waals surface area (Å²) in [7, 11) is 0. The van der Waals surface area contributed by atoms with Crippen molar-refractivity contribution >= 4 is 6.16 Å². The number of carboxylic acid groups (broad SMARTS) is 2. The van der Waals surface area contributed by atoms with E-state index >= 15 is 0 Å². The van der Waals surface area contributed by atoms with Crippen LogP contribution in [0.2, 0.25) is 0 Å². The molecule has 0 bridgehead atoms. The standard InChI is InChI=1S/C4H6.CH2O3/c1-3-4-2;2-1(3)4/h1-2H3;(H2,2,3,4). The Morgan fingerprint density at radius 2 is 1.38 bits per heavy atom. The lowest BCUT2D eigenvalue weighted by Gasteiger charge is -1.60. The number of hydrogen-bond donors (Lipinski definition) is 2. The van der Waals surface area contributed by atoms with E-state index < -0.39 is 6.16 Å². The number of carbonyl (C=O) groups is 1. The van der Waals surface area contributed by atoms with Crippen molar-refractivity contribution in [3.8, 4) is 11.8 Å². The zero-order chi connectivity index (χ0) is 6.99. The Morgan fingerprint density at radius 1 is 1.25 bits per heavy atom. The smallest absolute Gasteiger partial charge is 0.450 e. The van der Waals surface area contributed by atoms with Crippen LogP contribution in [0.25, 0.3) is 0 Å². The highest BCUT2D eigenvalue weighted by Gasteiger charge is 1.70. The van der Waals surface area contributed by atoms with Gasteiger partial charge in [-0.15, -0.1) is 11.8 Å². The first-order valence-electron chi connectivity index (χ1n) is 1.90. The van der Waals surface area contributed by atoms with Crippen molar-refractivity contribution in [2.75, 3.05) is 0 Å². The fourth-order valence-corrected chi connectivity index (χ4v) is 0. The van der Waals surface area contributed by atoms with Crippen LogP contribution in [0.5, 0.6) is 0 Å². The van der Waals surface area contributed by atoms with Gasteiger partial charge in [0.05, 0.1) is 0 Å². The molecular weight excluding hydrogens is 108 g/mol. The molecule has 0 aliphatic carbocycles. The largest absolute Gasteiger partial charge is 0.503 e. The molecule has 0 aromatic rings.